The monoisotopic (exact) mass is 276 g/mol. The number of aromatic nitrogens is 1. The third-order valence-electron chi connectivity index (χ3n) is 2.24. The molecule has 0 bridgehead atoms. The Bertz CT molecular complexity index is 555. The van der Waals surface area contributed by atoms with Gasteiger partial charge in [0.15, 0.2) is 6.20 Å². The number of benzene rings is 1. The van der Waals surface area contributed by atoms with E-state index < -0.39 is 10.9 Å². The molecule has 0 spiro atoms. The molecule has 7 heteroatoms. The van der Waals surface area contributed by atoms with Gasteiger partial charge >= 0.3 is 11.8 Å². The lowest BCUT2D eigenvalue weighted by atomic mass is 10.2. The van der Waals surface area contributed by atoms with Crippen LogP contribution in [0.2, 0.25) is 0 Å². The van der Waals surface area contributed by atoms with E-state index in [0.29, 0.717) is 0 Å². The van der Waals surface area contributed by atoms with Gasteiger partial charge in [-0.2, -0.15) is 0 Å². The summed E-state index contributed by atoms with van der Waals surface area (Å²) in [5.74, 6) is -1.18. The normalized spacial score (nSPS) is 10.1. The lowest BCUT2D eigenvalue weighted by Gasteiger charge is -2.00. The first-order chi connectivity index (χ1) is 9.06. The fourth-order valence-electron chi connectivity index (χ4n) is 1.34. The van der Waals surface area contributed by atoms with Gasteiger partial charge in [0.1, 0.15) is 0 Å². The van der Waals surface area contributed by atoms with Gasteiger partial charge in [-0.3, -0.25) is 0 Å². The summed E-state index contributed by atoms with van der Waals surface area (Å²) < 4.78 is 0. The van der Waals surface area contributed by atoms with Crippen LogP contribution in [0.1, 0.15) is 10.4 Å². The minimum absolute atomic E-state index is 0.203. The summed E-state index contributed by atoms with van der Waals surface area (Å²) in [5, 5.41) is 19.2. The molecule has 2 rings (SSSR count). The Morgan fingerprint density at radius 2 is 1.79 bits per heavy atom. The van der Waals surface area contributed by atoms with Gasteiger partial charge in [-0.25, -0.2) is 4.79 Å². The molecule has 0 atom stereocenters. The van der Waals surface area contributed by atoms with E-state index in [1.807, 2.05) is 0 Å². The summed E-state index contributed by atoms with van der Waals surface area (Å²) in [5.41, 5.74) is 0.214. The molecule has 19 heavy (non-hydrogen) atoms. The molecule has 1 N–H and O–H groups in total. The maximum Gasteiger partial charge on any atom is 0.363 e. The second kappa shape index (κ2) is 5.49. The summed E-state index contributed by atoms with van der Waals surface area (Å²) in [7, 11) is 0. The Balaban J connectivity index is 2.12. The fraction of sp³-hybridized carbons (Fsp3) is 0. The predicted molar refractivity (Wildman–Crippen MR) is 68.4 cm³/mol. The van der Waals surface area contributed by atoms with Crippen molar-refractivity contribution in [3.8, 4) is 0 Å². The minimum Gasteiger partial charge on any atom is -0.478 e. The molecule has 96 valence electrons. The highest BCUT2D eigenvalue weighted by Crippen LogP contribution is 2.27. The van der Waals surface area contributed by atoms with Crippen LogP contribution in [-0.4, -0.2) is 21.0 Å². The highest BCUT2D eigenvalue weighted by atomic mass is 32.2. The average molecular weight is 276 g/mol. The van der Waals surface area contributed by atoms with Gasteiger partial charge in [-0.1, -0.05) is 11.8 Å². The molecule has 0 aliphatic heterocycles. The standard InChI is InChI=1S/C12H8N2O4S/c15-12(16)8-1-3-9(4-2-8)19-10-5-6-11(13-7-10)14(17)18/h1-7H,(H,15,16). The maximum absolute atomic E-state index is 10.7. The van der Waals surface area contributed by atoms with Crippen molar-refractivity contribution in [1.29, 1.82) is 0 Å². The molecule has 0 saturated carbocycles. The molecule has 6 nitrogen and oxygen atoms in total. The first kappa shape index (κ1) is 13.0. The number of pyridine rings is 1. The summed E-state index contributed by atoms with van der Waals surface area (Å²) in [6.07, 6.45) is 1.41. The van der Waals surface area contributed by atoms with Crippen LogP contribution in [0.5, 0.6) is 0 Å². The van der Waals surface area contributed by atoms with E-state index in [-0.39, 0.29) is 11.4 Å². The SMILES string of the molecule is O=C(O)c1ccc(Sc2ccc([N+](=O)[O-])nc2)cc1. The molecule has 0 aliphatic carbocycles. The van der Waals surface area contributed by atoms with E-state index in [9.17, 15) is 14.9 Å². The molecule has 1 heterocycles. The molecule has 0 unspecified atom stereocenters. The molecular formula is C12H8N2O4S. The lowest BCUT2D eigenvalue weighted by Crippen LogP contribution is -1.94. The van der Waals surface area contributed by atoms with Gasteiger partial charge in [-0.15, -0.1) is 0 Å². The highest BCUT2D eigenvalue weighted by molar-refractivity contribution is 7.99. The van der Waals surface area contributed by atoms with Gasteiger partial charge in [0.05, 0.1) is 10.5 Å². The predicted octanol–water partition coefficient (Wildman–Crippen LogP) is 2.84. The van der Waals surface area contributed by atoms with Crippen LogP contribution in [0.4, 0.5) is 5.82 Å². The molecular weight excluding hydrogens is 268 g/mol. The van der Waals surface area contributed by atoms with Crippen molar-refractivity contribution in [1.82, 2.24) is 4.98 Å². The van der Waals surface area contributed by atoms with E-state index in [2.05, 4.69) is 4.98 Å². The van der Waals surface area contributed by atoms with Gasteiger partial charge < -0.3 is 15.2 Å². The number of hydrogen-bond acceptors (Lipinski definition) is 5. The van der Waals surface area contributed by atoms with E-state index >= 15 is 0 Å². The molecule has 0 amide bonds. The Morgan fingerprint density at radius 1 is 1.16 bits per heavy atom. The highest BCUT2D eigenvalue weighted by Gasteiger charge is 2.08. The Labute approximate surface area is 112 Å². The topological polar surface area (TPSA) is 93.3 Å². The minimum atomic E-state index is -0.978. The first-order valence-electron chi connectivity index (χ1n) is 5.18. The fourth-order valence-corrected chi connectivity index (χ4v) is 2.13. The van der Waals surface area contributed by atoms with Crippen LogP contribution in [0.3, 0.4) is 0 Å². The van der Waals surface area contributed by atoms with Gasteiger partial charge in [-0.05, 0) is 40.2 Å². The number of aromatic carboxylic acids is 1. The first-order valence-corrected chi connectivity index (χ1v) is 5.99. The Morgan fingerprint density at radius 3 is 2.26 bits per heavy atom. The zero-order valence-electron chi connectivity index (χ0n) is 9.52. The van der Waals surface area contributed by atoms with E-state index in [1.54, 1.807) is 18.2 Å². The zero-order valence-corrected chi connectivity index (χ0v) is 10.3. The zero-order chi connectivity index (χ0) is 13.8. The summed E-state index contributed by atoms with van der Waals surface area (Å²) in [6.45, 7) is 0. The van der Waals surface area contributed by atoms with Crippen LogP contribution in [-0.2, 0) is 0 Å². The number of nitro groups is 1. The second-order valence-corrected chi connectivity index (χ2v) is 4.69. The molecule has 2 aromatic rings. The Hall–Kier alpha value is -2.41. The van der Waals surface area contributed by atoms with Crippen molar-refractivity contribution in [2.75, 3.05) is 0 Å². The van der Waals surface area contributed by atoms with E-state index in [4.69, 9.17) is 5.11 Å². The average Bonchev–Trinajstić information content (AvgIpc) is 2.40. The van der Waals surface area contributed by atoms with Crippen LogP contribution in [0.15, 0.2) is 52.4 Å². The summed E-state index contributed by atoms with van der Waals surface area (Å²) in [6, 6.07) is 9.28. The third-order valence-corrected chi connectivity index (χ3v) is 3.23. The van der Waals surface area contributed by atoms with Crippen molar-refractivity contribution in [2.24, 2.45) is 0 Å². The van der Waals surface area contributed by atoms with Crippen LogP contribution < -0.4 is 0 Å². The van der Waals surface area contributed by atoms with Crippen molar-refractivity contribution in [3.63, 3.8) is 0 Å². The number of hydrogen-bond donors (Lipinski definition) is 1. The van der Waals surface area contributed by atoms with Crippen molar-refractivity contribution in [3.05, 3.63) is 58.3 Å². The lowest BCUT2D eigenvalue weighted by molar-refractivity contribution is -0.389. The van der Waals surface area contributed by atoms with Crippen molar-refractivity contribution in [2.45, 2.75) is 9.79 Å². The molecule has 0 fully saturated rings. The molecule has 0 aliphatic rings. The molecule has 0 saturated heterocycles. The smallest absolute Gasteiger partial charge is 0.363 e. The Kier molecular flexibility index (Phi) is 3.76. The van der Waals surface area contributed by atoms with Crippen molar-refractivity contribution >= 4 is 23.5 Å². The van der Waals surface area contributed by atoms with E-state index in [1.165, 1.54) is 36.2 Å². The molecule has 1 aromatic heterocycles. The quantitative estimate of drug-likeness (QED) is 0.681. The van der Waals surface area contributed by atoms with Crippen molar-refractivity contribution < 1.29 is 14.8 Å². The summed E-state index contributed by atoms with van der Waals surface area (Å²) in [4.78, 5) is 25.9. The van der Waals surface area contributed by atoms with Gasteiger partial charge in [0.2, 0.25) is 0 Å². The van der Waals surface area contributed by atoms with Gasteiger partial charge in [0, 0.05) is 11.0 Å². The molecule has 0 radical (unpaired) electrons. The number of carbonyl (C=O) groups is 1. The number of carboxylic acid groups (broad SMARTS) is 1. The van der Waals surface area contributed by atoms with Gasteiger partial charge in [0.25, 0.3) is 0 Å². The van der Waals surface area contributed by atoms with E-state index in [0.717, 1.165) is 9.79 Å². The van der Waals surface area contributed by atoms with Crippen LogP contribution >= 0.6 is 11.8 Å². The number of carboxylic acids is 1. The largest absolute Gasteiger partial charge is 0.478 e. The number of rotatable bonds is 4. The van der Waals surface area contributed by atoms with Crippen LogP contribution in [0.25, 0.3) is 0 Å². The molecule has 1 aromatic carbocycles. The summed E-state index contributed by atoms with van der Waals surface area (Å²) >= 11 is 1.35. The maximum atomic E-state index is 10.7. The second-order valence-electron chi connectivity index (χ2n) is 3.54. The number of nitrogens with zero attached hydrogens (tertiary/aromatic N) is 2. The third kappa shape index (κ3) is 3.29. The van der Waals surface area contributed by atoms with Crippen LogP contribution in [0, 0.1) is 10.1 Å².